The van der Waals surface area contributed by atoms with E-state index in [1.54, 1.807) is 12.4 Å². The van der Waals surface area contributed by atoms with Crippen molar-refractivity contribution in [2.24, 2.45) is 5.92 Å². The second kappa shape index (κ2) is 6.45. The fourth-order valence-corrected chi connectivity index (χ4v) is 2.87. The van der Waals surface area contributed by atoms with Crippen LogP contribution in [0.15, 0.2) is 27.5 Å². The van der Waals surface area contributed by atoms with E-state index < -0.39 is 0 Å². The minimum Gasteiger partial charge on any atom is -0.339 e. The quantitative estimate of drug-likeness (QED) is 0.929. The van der Waals surface area contributed by atoms with Crippen LogP contribution in [0.3, 0.4) is 0 Å². The first-order valence-corrected chi connectivity index (χ1v) is 7.75. The first-order chi connectivity index (χ1) is 9.81. The van der Waals surface area contributed by atoms with Crippen molar-refractivity contribution in [2.45, 2.75) is 25.7 Å². The van der Waals surface area contributed by atoms with E-state index in [9.17, 15) is 0 Å². The molecule has 0 unspecified atom stereocenters. The highest BCUT2D eigenvalue weighted by atomic mass is 79.9. The highest BCUT2D eigenvalue weighted by molar-refractivity contribution is 9.10. The molecule has 0 saturated carbocycles. The topological polar surface area (TPSA) is 63.8 Å². The van der Waals surface area contributed by atoms with Crippen LogP contribution in [0.4, 0.5) is 0 Å². The summed E-state index contributed by atoms with van der Waals surface area (Å²) in [5.41, 5.74) is 0.872. The largest absolute Gasteiger partial charge is 0.339 e. The van der Waals surface area contributed by atoms with Gasteiger partial charge in [-0.3, -0.25) is 4.98 Å². The summed E-state index contributed by atoms with van der Waals surface area (Å²) in [5, 5.41) is 7.41. The average molecular weight is 337 g/mol. The van der Waals surface area contributed by atoms with Crippen LogP contribution in [0.2, 0.25) is 0 Å². The molecule has 0 atom stereocenters. The molecule has 3 rings (SSSR count). The predicted octanol–water partition coefficient (Wildman–Crippen LogP) is 2.83. The molecule has 0 spiro atoms. The van der Waals surface area contributed by atoms with Crippen LogP contribution >= 0.6 is 15.9 Å². The van der Waals surface area contributed by atoms with Gasteiger partial charge in [-0.15, -0.1) is 0 Å². The summed E-state index contributed by atoms with van der Waals surface area (Å²) in [6.45, 7) is 2.26. The second-order valence-electron chi connectivity index (χ2n) is 5.14. The maximum atomic E-state index is 5.33. The number of hydrogen-bond acceptors (Lipinski definition) is 5. The number of pyridine rings is 1. The van der Waals surface area contributed by atoms with Crippen molar-refractivity contribution >= 4 is 15.9 Å². The molecular formula is C14H17BrN4O. The molecule has 0 aliphatic carbocycles. The lowest BCUT2D eigenvalue weighted by Crippen LogP contribution is -2.27. The Morgan fingerprint density at radius 2 is 2.15 bits per heavy atom. The van der Waals surface area contributed by atoms with Gasteiger partial charge < -0.3 is 9.84 Å². The fourth-order valence-electron chi connectivity index (χ4n) is 2.51. The standard InChI is InChI=1S/C14H17BrN4O/c15-12-7-11(8-17-9-12)14-18-13(20-19-14)2-1-10-3-5-16-6-4-10/h7-10,16H,1-6H2. The van der Waals surface area contributed by atoms with Gasteiger partial charge in [0, 0.05) is 28.9 Å². The molecule has 106 valence electrons. The molecule has 20 heavy (non-hydrogen) atoms. The first-order valence-electron chi connectivity index (χ1n) is 6.95. The van der Waals surface area contributed by atoms with Crippen molar-refractivity contribution in [3.05, 3.63) is 28.8 Å². The van der Waals surface area contributed by atoms with Gasteiger partial charge in [-0.25, -0.2) is 0 Å². The Balaban J connectivity index is 1.61. The third kappa shape index (κ3) is 3.43. The zero-order valence-corrected chi connectivity index (χ0v) is 12.8. The predicted molar refractivity (Wildman–Crippen MR) is 79.1 cm³/mol. The Morgan fingerprint density at radius 3 is 2.95 bits per heavy atom. The fraction of sp³-hybridized carbons (Fsp3) is 0.500. The Labute approximate surface area is 126 Å². The van der Waals surface area contributed by atoms with Gasteiger partial charge >= 0.3 is 0 Å². The van der Waals surface area contributed by atoms with Crippen LogP contribution in [-0.2, 0) is 6.42 Å². The lowest BCUT2D eigenvalue weighted by molar-refractivity contribution is 0.324. The van der Waals surface area contributed by atoms with Gasteiger partial charge in [-0.1, -0.05) is 5.16 Å². The number of hydrogen-bond donors (Lipinski definition) is 1. The molecule has 2 aromatic rings. The summed E-state index contributed by atoms with van der Waals surface area (Å²) in [4.78, 5) is 8.57. The Morgan fingerprint density at radius 1 is 1.30 bits per heavy atom. The summed E-state index contributed by atoms with van der Waals surface area (Å²) in [7, 11) is 0. The molecular weight excluding hydrogens is 320 g/mol. The summed E-state index contributed by atoms with van der Waals surface area (Å²) >= 11 is 3.39. The summed E-state index contributed by atoms with van der Waals surface area (Å²) in [6.07, 6.45) is 7.96. The van der Waals surface area contributed by atoms with E-state index >= 15 is 0 Å². The van der Waals surface area contributed by atoms with Crippen molar-refractivity contribution in [2.75, 3.05) is 13.1 Å². The van der Waals surface area contributed by atoms with Crippen molar-refractivity contribution in [3.63, 3.8) is 0 Å². The van der Waals surface area contributed by atoms with Crippen LogP contribution < -0.4 is 5.32 Å². The van der Waals surface area contributed by atoms with Crippen molar-refractivity contribution in [3.8, 4) is 11.4 Å². The molecule has 3 heterocycles. The van der Waals surface area contributed by atoms with Gasteiger partial charge in [0.05, 0.1) is 0 Å². The molecule has 0 bridgehead atoms. The molecule has 1 N–H and O–H groups in total. The number of aryl methyl sites for hydroxylation is 1. The molecule has 0 aromatic carbocycles. The Hall–Kier alpha value is -1.27. The van der Waals surface area contributed by atoms with Crippen molar-refractivity contribution < 1.29 is 4.52 Å². The lowest BCUT2D eigenvalue weighted by Gasteiger charge is -2.21. The van der Waals surface area contributed by atoms with Gasteiger partial charge in [0.15, 0.2) is 0 Å². The molecule has 1 fully saturated rings. The molecule has 1 saturated heterocycles. The molecule has 6 heteroatoms. The molecule has 0 radical (unpaired) electrons. The molecule has 5 nitrogen and oxygen atoms in total. The van der Waals surface area contributed by atoms with Crippen molar-refractivity contribution in [1.29, 1.82) is 0 Å². The highest BCUT2D eigenvalue weighted by Crippen LogP contribution is 2.21. The number of nitrogens with one attached hydrogen (secondary N) is 1. The Kier molecular flexibility index (Phi) is 4.42. The van der Waals surface area contributed by atoms with Crippen LogP contribution in [0.5, 0.6) is 0 Å². The first kappa shape index (κ1) is 13.7. The zero-order valence-electron chi connectivity index (χ0n) is 11.2. The SMILES string of the molecule is Brc1cncc(-c2noc(CCC3CCNCC3)n2)c1. The normalized spacial score (nSPS) is 16.4. The third-order valence-corrected chi connectivity index (χ3v) is 4.09. The van der Waals surface area contributed by atoms with Gasteiger partial charge in [0.25, 0.3) is 0 Å². The lowest BCUT2D eigenvalue weighted by atomic mass is 9.93. The van der Waals surface area contributed by atoms with Crippen LogP contribution in [0, 0.1) is 5.92 Å². The van der Waals surface area contributed by atoms with Crippen LogP contribution in [-0.4, -0.2) is 28.2 Å². The van der Waals surface area contributed by atoms with E-state index in [4.69, 9.17) is 4.52 Å². The van der Waals surface area contributed by atoms with Crippen molar-refractivity contribution in [1.82, 2.24) is 20.4 Å². The minimum atomic E-state index is 0.610. The van der Waals surface area contributed by atoms with E-state index in [-0.39, 0.29) is 0 Å². The molecule has 2 aromatic heterocycles. The van der Waals surface area contributed by atoms with E-state index in [0.29, 0.717) is 5.82 Å². The number of aromatic nitrogens is 3. The Bertz CT molecular complexity index is 566. The van der Waals surface area contributed by atoms with Gasteiger partial charge in [-0.2, -0.15) is 4.98 Å². The van der Waals surface area contributed by atoms with Crippen LogP contribution in [0.25, 0.3) is 11.4 Å². The maximum absolute atomic E-state index is 5.33. The van der Waals surface area contributed by atoms with Crippen LogP contribution in [0.1, 0.15) is 25.2 Å². The van der Waals surface area contributed by atoms with Gasteiger partial charge in [0.2, 0.25) is 11.7 Å². The van der Waals surface area contributed by atoms with E-state index in [1.807, 2.05) is 6.07 Å². The summed E-state index contributed by atoms with van der Waals surface area (Å²) in [6, 6.07) is 1.94. The van der Waals surface area contributed by atoms with E-state index in [1.165, 1.54) is 12.8 Å². The highest BCUT2D eigenvalue weighted by Gasteiger charge is 2.15. The monoisotopic (exact) mass is 336 g/mol. The molecule has 0 amide bonds. The molecule has 1 aliphatic heterocycles. The van der Waals surface area contributed by atoms with E-state index in [2.05, 4.69) is 36.4 Å². The number of halogens is 1. The summed E-state index contributed by atoms with van der Waals surface area (Å²) < 4.78 is 6.24. The van der Waals surface area contributed by atoms with E-state index in [0.717, 1.165) is 47.8 Å². The minimum absolute atomic E-state index is 0.610. The summed E-state index contributed by atoms with van der Waals surface area (Å²) in [5.74, 6) is 2.11. The maximum Gasteiger partial charge on any atom is 0.226 e. The van der Waals surface area contributed by atoms with Gasteiger partial charge in [-0.05, 0) is 60.3 Å². The molecule has 1 aliphatic rings. The smallest absolute Gasteiger partial charge is 0.226 e. The average Bonchev–Trinajstić information content (AvgIpc) is 2.95. The van der Waals surface area contributed by atoms with Gasteiger partial charge in [0.1, 0.15) is 0 Å². The third-order valence-electron chi connectivity index (χ3n) is 3.66. The number of nitrogens with zero attached hydrogens (tertiary/aromatic N) is 3. The number of piperidine rings is 1. The second-order valence-corrected chi connectivity index (χ2v) is 6.05. The zero-order chi connectivity index (χ0) is 13.8. The number of rotatable bonds is 4.